The molecule has 71 heavy (non-hydrogen) atoms. The van der Waals surface area contributed by atoms with Crippen LogP contribution < -0.4 is 10.6 Å². The molecule has 3 aromatic heterocycles. The van der Waals surface area contributed by atoms with Gasteiger partial charge in [0.05, 0.1) is 27.8 Å². The smallest absolute Gasteiger partial charge is 0.137 e. The van der Waals surface area contributed by atoms with Gasteiger partial charge in [-0.05, 0) is 105 Å². The van der Waals surface area contributed by atoms with Gasteiger partial charge in [-0.1, -0.05) is 164 Å². The number of nitrogens with zero attached hydrogens (tertiary/aromatic N) is 3. The Morgan fingerprint density at radius 1 is 0.408 bits per heavy atom. The molecule has 0 radical (unpaired) electrons. The van der Waals surface area contributed by atoms with Crippen molar-refractivity contribution >= 4 is 92.9 Å². The summed E-state index contributed by atoms with van der Waals surface area (Å²) in [6.45, 7) is 0. The normalized spacial score (nSPS) is 15.2. The van der Waals surface area contributed by atoms with Gasteiger partial charge in [-0.3, -0.25) is 5.32 Å². The molecule has 334 valence electrons. The van der Waals surface area contributed by atoms with Crippen molar-refractivity contribution in [3.63, 3.8) is 0 Å². The van der Waals surface area contributed by atoms with Crippen LogP contribution in [-0.4, -0.2) is 15.0 Å². The van der Waals surface area contributed by atoms with Crippen LogP contribution >= 0.6 is 0 Å². The van der Waals surface area contributed by atoms with E-state index in [2.05, 4.69) is 250 Å². The van der Waals surface area contributed by atoms with Crippen LogP contribution in [-0.2, 0) is 0 Å². The lowest BCUT2D eigenvalue weighted by Gasteiger charge is -2.33. The number of aliphatic imine (C=N–C) groups is 1. The van der Waals surface area contributed by atoms with E-state index in [0.717, 1.165) is 83.5 Å². The second-order valence-corrected chi connectivity index (χ2v) is 18.8. The van der Waals surface area contributed by atoms with Gasteiger partial charge >= 0.3 is 0 Å². The Labute approximate surface area is 408 Å². The molecule has 0 bridgehead atoms. The summed E-state index contributed by atoms with van der Waals surface area (Å²) in [6.07, 6.45) is -0.782. The predicted octanol–water partition coefficient (Wildman–Crippen LogP) is 16.1. The summed E-state index contributed by atoms with van der Waals surface area (Å²) >= 11 is 0. The van der Waals surface area contributed by atoms with Gasteiger partial charge < -0.3 is 18.9 Å². The molecule has 2 atom stereocenters. The zero-order valence-corrected chi connectivity index (χ0v) is 38.4. The Balaban J connectivity index is 1.03. The fourth-order valence-electron chi connectivity index (χ4n) is 11.5. The van der Waals surface area contributed by atoms with E-state index in [0.29, 0.717) is 0 Å². The summed E-state index contributed by atoms with van der Waals surface area (Å²) in [5.41, 5.74) is 13.8. The third-order valence-electron chi connectivity index (χ3n) is 14.7. The number of furan rings is 1. The van der Waals surface area contributed by atoms with Crippen LogP contribution in [0.1, 0.15) is 29.0 Å². The molecule has 0 saturated heterocycles. The van der Waals surface area contributed by atoms with E-state index in [1.807, 2.05) is 6.07 Å². The molecule has 6 heteroatoms. The van der Waals surface area contributed by atoms with Crippen LogP contribution in [0.4, 0.5) is 0 Å². The van der Waals surface area contributed by atoms with E-state index in [1.165, 1.54) is 48.7 Å². The van der Waals surface area contributed by atoms with E-state index >= 15 is 0 Å². The number of aromatic nitrogens is 2. The van der Waals surface area contributed by atoms with Crippen LogP contribution in [0.25, 0.3) is 110 Å². The van der Waals surface area contributed by atoms with Crippen LogP contribution in [0.3, 0.4) is 0 Å². The molecular formula is C65H43N5O. The molecule has 0 aliphatic carbocycles. The second-order valence-electron chi connectivity index (χ2n) is 18.8. The Morgan fingerprint density at radius 2 is 1.01 bits per heavy atom. The summed E-state index contributed by atoms with van der Waals surface area (Å²) in [5.74, 6) is 0.784. The average molecular weight is 910 g/mol. The fraction of sp³-hybridized carbons (Fsp3) is 0.0308. The van der Waals surface area contributed by atoms with E-state index in [4.69, 9.17) is 9.41 Å². The number of rotatable bonds is 6. The Morgan fingerprint density at radius 3 is 1.76 bits per heavy atom. The predicted molar refractivity (Wildman–Crippen MR) is 294 cm³/mol. The van der Waals surface area contributed by atoms with Gasteiger partial charge in [0.25, 0.3) is 0 Å². The highest BCUT2D eigenvalue weighted by molar-refractivity contribution is 6.19. The maximum absolute atomic E-state index is 6.77. The van der Waals surface area contributed by atoms with Gasteiger partial charge in [-0.2, -0.15) is 0 Å². The zero-order chi connectivity index (χ0) is 46.6. The molecule has 1 aliphatic rings. The summed E-state index contributed by atoms with van der Waals surface area (Å²) in [5, 5.41) is 19.7. The van der Waals surface area contributed by atoms with E-state index in [1.54, 1.807) is 0 Å². The third-order valence-corrected chi connectivity index (χ3v) is 14.7. The maximum Gasteiger partial charge on any atom is 0.137 e. The third kappa shape index (κ3) is 6.28. The van der Waals surface area contributed by atoms with Gasteiger partial charge in [-0.25, -0.2) is 4.99 Å². The highest BCUT2D eigenvalue weighted by Crippen LogP contribution is 2.43. The topological polar surface area (TPSA) is 59.4 Å². The van der Waals surface area contributed by atoms with Crippen LogP contribution in [0, 0.1) is 0 Å². The molecule has 2 N–H and O–H groups in total. The Hall–Kier alpha value is -9.23. The molecule has 11 aromatic carbocycles. The molecule has 4 heterocycles. The molecule has 0 amide bonds. The van der Waals surface area contributed by atoms with Crippen LogP contribution in [0.15, 0.2) is 246 Å². The van der Waals surface area contributed by atoms with Crippen molar-refractivity contribution in [3.05, 3.63) is 253 Å². The van der Waals surface area contributed by atoms with Gasteiger partial charge in [0.1, 0.15) is 29.3 Å². The molecule has 0 saturated carbocycles. The Kier molecular flexibility index (Phi) is 8.76. The minimum Gasteiger partial charge on any atom is -0.456 e. The fourth-order valence-corrected chi connectivity index (χ4v) is 11.5. The first kappa shape index (κ1) is 39.7. The SMILES string of the molecule is c1ccc(-c2cccc(C3NC(c4cc5c(cc4-n4c6cc7ccccc7cc6c6cc7ccccc7cc64)oc4ccccc45)=NC(c4cccc5c4c4ccccc4n5-c4ccccc4)N3)c2)cc1. The minimum absolute atomic E-state index is 0.329. The average Bonchev–Trinajstić information content (AvgIpc) is 4.08. The zero-order valence-electron chi connectivity index (χ0n) is 38.4. The first-order valence-electron chi connectivity index (χ1n) is 24.3. The summed E-state index contributed by atoms with van der Waals surface area (Å²) in [6, 6.07) is 85.3. The highest BCUT2D eigenvalue weighted by atomic mass is 16.3. The quantitative estimate of drug-likeness (QED) is 0.175. The van der Waals surface area contributed by atoms with E-state index in [9.17, 15) is 0 Å². The molecule has 6 nitrogen and oxygen atoms in total. The molecular weight excluding hydrogens is 867 g/mol. The minimum atomic E-state index is -0.453. The summed E-state index contributed by atoms with van der Waals surface area (Å²) in [7, 11) is 0. The van der Waals surface area contributed by atoms with E-state index in [-0.39, 0.29) is 6.17 Å². The van der Waals surface area contributed by atoms with Crippen LogP contribution in [0.2, 0.25) is 0 Å². The van der Waals surface area contributed by atoms with Gasteiger partial charge in [0, 0.05) is 55.2 Å². The second kappa shape index (κ2) is 15.7. The Bertz CT molecular complexity index is 4390. The summed E-state index contributed by atoms with van der Waals surface area (Å²) in [4.78, 5) is 5.86. The van der Waals surface area contributed by atoms with Gasteiger partial charge in [-0.15, -0.1) is 0 Å². The first-order chi connectivity index (χ1) is 35.2. The number of hydrogen-bond donors (Lipinski definition) is 2. The number of fused-ring (bicyclic) bond motifs is 11. The molecule has 0 fully saturated rings. The van der Waals surface area contributed by atoms with Crippen molar-refractivity contribution in [2.24, 2.45) is 4.99 Å². The summed E-state index contributed by atoms with van der Waals surface area (Å²) < 4.78 is 11.6. The number of hydrogen-bond acceptors (Lipinski definition) is 4. The standard InChI is InChI=1S/C65H43N5O/c1-3-17-40(18-4-1)41-23-15-24-46(33-41)63-66-64(50-29-16-31-56-62(50)49-28-11-13-30-55(49)69(56)47-25-5-2-6-26-47)68-65(67-63)54-38-53-48-27-12-14-32-60(48)71-61(53)39-59(54)70-57-36-44-21-9-7-19-42(44)34-51(57)52-35-43-20-8-10-22-45(43)37-58(52)70/h1-39,63-64,66H,(H,67,68). The molecule has 2 unspecified atom stereocenters. The first-order valence-corrected chi connectivity index (χ1v) is 24.3. The highest BCUT2D eigenvalue weighted by Gasteiger charge is 2.31. The number of nitrogens with one attached hydrogen (secondary N) is 2. The van der Waals surface area contributed by atoms with Crippen molar-refractivity contribution in [1.29, 1.82) is 0 Å². The van der Waals surface area contributed by atoms with Crippen molar-refractivity contribution in [2.45, 2.75) is 12.3 Å². The van der Waals surface area contributed by atoms with Crippen molar-refractivity contribution < 1.29 is 4.42 Å². The van der Waals surface area contributed by atoms with Crippen LogP contribution in [0.5, 0.6) is 0 Å². The molecule has 1 aliphatic heterocycles. The van der Waals surface area contributed by atoms with Gasteiger partial charge in [0.2, 0.25) is 0 Å². The largest absolute Gasteiger partial charge is 0.456 e. The number of para-hydroxylation sites is 3. The molecule has 0 spiro atoms. The van der Waals surface area contributed by atoms with E-state index < -0.39 is 6.17 Å². The molecule has 14 aromatic rings. The van der Waals surface area contributed by atoms with Crippen molar-refractivity contribution in [1.82, 2.24) is 19.8 Å². The maximum atomic E-state index is 6.77. The van der Waals surface area contributed by atoms with Crippen molar-refractivity contribution in [3.8, 4) is 22.5 Å². The number of amidine groups is 1. The lowest BCUT2D eigenvalue weighted by Crippen LogP contribution is -2.45. The lowest BCUT2D eigenvalue weighted by atomic mass is 9.99. The monoisotopic (exact) mass is 909 g/mol. The van der Waals surface area contributed by atoms with Gasteiger partial charge in [0.15, 0.2) is 0 Å². The lowest BCUT2D eigenvalue weighted by molar-refractivity contribution is 0.411. The van der Waals surface area contributed by atoms with Crippen molar-refractivity contribution in [2.75, 3.05) is 0 Å². The number of benzene rings is 11. The molecule has 15 rings (SSSR count).